The molecular formula is C20H19NO4S2. The number of thiophene rings is 1. The summed E-state index contributed by atoms with van der Waals surface area (Å²) in [6.07, 6.45) is 0. The normalized spacial score (nSPS) is 11.2. The minimum Gasteiger partial charge on any atom is -0.496 e. The van der Waals surface area contributed by atoms with Crippen LogP contribution >= 0.6 is 11.3 Å². The van der Waals surface area contributed by atoms with Crippen molar-refractivity contribution < 1.29 is 17.9 Å². The molecule has 1 N–H and O–H groups in total. The van der Waals surface area contributed by atoms with Crippen LogP contribution in [0.1, 0.15) is 20.8 Å². The molecule has 3 aromatic rings. The van der Waals surface area contributed by atoms with Crippen molar-refractivity contribution >= 4 is 27.1 Å². The molecule has 7 heteroatoms. The second-order valence-electron chi connectivity index (χ2n) is 5.93. The Hall–Kier alpha value is -2.64. The Morgan fingerprint density at radius 3 is 2.44 bits per heavy atom. The summed E-state index contributed by atoms with van der Waals surface area (Å²) in [5, 5.41) is 2.80. The molecule has 0 bridgehead atoms. The molecule has 1 heterocycles. The molecule has 1 aromatic heterocycles. The number of hydrogen-bond acceptors (Lipinski definition) is 5. The van der Waals surface area contributed by atoms with Crippen molar-refractivity contribution in [3.05, 3.63) is 76.7 Å². The molecule has 0 saturated carbocycles. The van der Waals surface area contributed by atoms with Gasteiger partial charge in [0.15, 0.2) is 0 Å². The van der Waals surface area contributed by atoms with Crippen LogP contribution in [0.15, 0.2) is 69.8 Å². The highest BCUT2D eigenvalue weighted by Crippen LogP contribution is 2.28. The first-order chi connectivity index (χ1) is 12.9. The zero-order valence-corrected chi connectivity index (χ0v) is 16.6. The number of hydrogen-bond donors (Lipinski definition) is 1. The summed E-state index contributed by atoms with van der Waals surface area (Å²) < 4.78 is 30.8. The molecule has 0 radical (unpaired) electrons. The number of sulfone groups is 1. The quantitative estimate of drug-likeness (QED) is 0.681. The van der Waals surface area contributed by atoms with E-state index in [2.05, 4.69) is 5.32 Å². The Morgan fingerprint density at radius 2 is 1.74 bits per heavy atom. The van der Waals surface area contributed by atoms with Crippen molar-refractivity contribution in [1.82, 2.24) is 5.32 Å². The number of nitrogens with one attached hydrogen (secondary N) is 1. The summed E-state index contributed by atoms with van der Waals surface area (Å²) in [5.74, 6) is 0.364. The van der Waals surface area contributed by atoms with E-state index in [1.54, 1.807) is 31.4 Å². The number of methoxy groups -OCH3 is 1. The van der Waals surface area contributed by atoms with E-state index in [-0.39, 0.29) is 15.0 Å². The Bertz CT molecular complexity index is 1050. The van der Waals surface area contributed by atoms with Crippen LogP contribution in [0.2, 0.25) is 0 Å². The molecule has 0 atom stereocenters. The third-order valence-electron chi connectivity index (χ3n) is 4.03. The molecule has 2 aromatic carbocycles. The number of rotatable bonds is 6. The summed E-state index contributed by atoms with van der Waals surface area (Å²) in [4.78, 5) is 13.0. The maximum absolute atomic E-state index is 12.7. The van der Waals surface area contributed by atoms with Crippen LogP contribution in [0.5, 0.6) is 5.75 Å². The highest BCUT2D eigenvalue weighted by molar-refractivity contribution is 7.93. The fraction of sp³-hybridized carbons (Fsp3) is 0.150. The van der Waals surface area contributed by atoms with Gasteiger partial charge >= 0.3 is 0 Å². The van der Waals surface area contributed by atoms with Gasteiger partial charge in [0.1, 0.15) is 9.96 Å². The molecule has 5 nitrogen and oxygen atoms in total. The number of para-hydroxylation sites is 1. The van der Waals surface area contributed by atoms with Gasteiger partial charge in [-0.1, -0.05) is 35.9 Å². The van der Waals surface area contributed by atoms with Crippen molar-refractivity contribution in [3.8, 4) is 5.75 Å². The lowest BCUT2D eigenvalue weighted by Gasteiger charge is -2.08. The van der Waals surface area contributed by atoms with Crippen LogP contribution in [-0.2, 0) is 16.4 Å². The fourth-order valence-electron chi connectivity index (χ4n) is 2.53. The van der Waals surface area contributed by atoms with Crippen LogP contribution in [0.3, 0.4) is 0 Å². The number of benzene rings is 2. The van der Waals surface area contributed by atoms with E-state index >= 15 is 0 Å². The lowest BCUT2D eigenvalue weighted by Crippen LogP contribution is -2.22. The largest absolute Gasteiger partial charge is 0.496 e. The van der Waals surface area contributed by atoms with Gasteiger partial charge < -0.3 is 10.1 Å². The van der Waals surface area contributed by atoms with E-state index in [0.29, 0.717) is 17.2 Å². The Morgan fingerprint density at radius 1 is 1.04 bits per heavy atom. The monoisotopic (exact) mass is 401 g/mol. The summed E-state index contributed by atoms with van der Waals surface area (Å²) in [6.45, 7) is 2.19. The molecule has 0 saturated heterocycles. The van der Waals surface area contributed by atoms with Crippen molar-refractivity contribution in [3.63, 3.8) is 0 Å². The molecule has 0 spiro atoms. The number of amides is 1. The van der Waals surface area contributed by atoms with Crippen molar-refractivity contribution in [2.75, 3.05) is 7.11 Å². The fourth-order valence-corrected chi connectivity index (χ4v) is 5.16. The molecule has 0 aliphatic rings. The van der Waals surface area contributed by atoms with Gasteiger partial charge in [-0.3, -0.25) is 4.79 Å². The van der Waals surface area contributed by atoms with E-state index < -0.39 is 9.84 Å². The van der Waals surface area contributed by atoms with E-state index in [0.717, 1.165) is 22.5 Å². The molecule has 3 rings (SSSR count). The van der Waals surface area contributed by atoms with Crippen LogP contribution in [0, 0.1) is 6.92 Å². The number of ether oxygens (including phenoxy) is 1. The van der Waals surface area contributed by atoms with Gasteiger partial charge in [-0.2, -0.15) is 0 Å². The predicted octanol–water partition coefficient (Wildman–Crippen LogP) is 3.83. The summed E-state index contributed by atoms with van der Waals surface area (Å²) in [5.41, 5.74) is 1.83. The lowest BCUT2D eigenvalue weighted by molar-refractivity contribution is 0.0954. The molecule has 0 fully saturated rings. The first kappa shape index (κ1) is 19.1. The van der Waals surface area contributed by atoms with E-state index in [9.17, 15) is 13.2 Å². The Labute approximate surface area is 162 Å². The summed E-state index contributed by atoms with van der Waals surface area (Å²) >= 11 is 0.961. The topological polar surface area (TPSA) is 72.5 Å². The Kier molecular flexibility index (Phi) is 5.62. The van der Waals surface area contributed by atoms with Gasteiger partial charge in [0.25, 0.3) is 5.91 Å². The smallest absolute Gasteiger partial charge is 0.261 e. The average Bonchev–Trinajstić information content (AvgIpc) is 3.18. The Balaban J connectivity index is 1.75. The van der Waals surface area contributed by atoms with Gasteiger partial charge in [0, 0.05) is 12.1 Å². The molecule has 0 aliphatic carbocycles. The first-order valence-corrected chi connectivity index (χ1v) is 10.5. The van der Waals surface area contributed by atoms with Gasteiger partial charge in [0.2, 0.25) is 9.84 Å². The molecule has 27 heavy (non-hydrogen) atoms. The molecule has 1 amide bonds. The van der Waals surface area contributed by atoms with Crippen LogP contribution in [0.25, 0.3) is 0 Å². The number of aryl methyl sites for hydroxylation is 1. The van der Waals surface area contributed by atoms with E-state index in [1.807, 2.05) is 31.2 Å². The molecule has 0 unspecified atom stereocenters. The number of carbonyl (C=O) groups excluding carboxylic acids is 1. The minimum atomic E-state index is -3.63. The SMILES string of the molecule is COc1ccccc1CNC(=O)c1ccc(S(=O)(=O)c2ccc(C)cc2)s1. The van der Waals surface area contributed by atoms with Gasteiger partial charge in [-0.15, -0.1) is 11.3 Å². The van der Waals surface area contributed by atoms with Gasteiger partial charge in [-0.05, 0) is 37.3 Å². The zero-order valence-electron chi connectivity index (χ0n) is 14.9. The van der Waals surface area contributed by atoms with Crippen molar-refractivity contribution in [2.24, 2.45) is 0 Å². The predicted molar refractivity (Wildman–Crippen MR) is 105 cm³/mol. The van der Waals surface area contributed by atoms with Crippen LogP contribution < -0.4 is 10.1 Å². The van der Waals surface area contributed by atoms with Gasteiger partial charge in [-0.25, -0.2) is 8.42 Å². The third-order valence-corrected chi connectivity index (χ3v) is 7.38. The summed E-state index contributed by atoms with van der Waals surface area (Å²) in [6, 6.07) is 17.0. The maximum Gasteiger partial charge on any atom is 0.261 e. The average molecular weight is 402 g/mol. The molecule has 140 valence electrons. The highest BCUT2D eigenvalue weighted by atomic mass is 32.2. The third kappa shape index (κ3) is 4.20. The maximum atomic E-state index is 12.7. The lowest BCUT2D eigenvalue weighted by atomic mass is 10.2. The zero-order chi connectivity index (χ0) is 19.4. The highest BCUT2D eigenvalue weighted by Gasteiger charge is 2.21. The van der Waals surface area contributed by atoms with E-state index in [4.69, 9.17) is 4.74 Å². The van der Waals surface area contributed by atoms with Crippen molar-refractivity contribution in [1.29, 1.82) is 0 Å². The van der Waals surface area contributed by atoms with Crippen molar-refractivity contribution in [2.45, 2.75) is 22.6 Å². The van der Waals surface area contributed by atoms with Crippen LogP contribution in [-0.4, -0.2) is 21.4 Å². The van der Waals surface area contributed by atoms with Crippen LogP contribution in [0.4, 0.5) is 0 Å². The second kappa shape index (κ2) is 7.94. The summed E-state index contributed by atoms with van der Waals surface area (Å²) in [7, 11) is -2.06. The molecule has 0 aliphatic heterocycles. The van der Waals surface area contributed by atoms with E-state index in [1.165, 1.54) is 12.1 Å². The number of carbonyl (C=O) groups is 1. The molecular weight excluding hydrogens is 382 g/mol. The standard InChI is InChI=1S/C20H19NO4S2/c1-14-7-9-16(10-8-14)27(23,24)19-12-11-18(26-19)20(22)21-13-15-5-3-4-6-17(15)25-2/h3-12H,13H2,1-2H3,(H,21,22). The van der Waals surface area contributed by atoms with Gasteiger partial charge in [0.05, 0.1) is 16.9 Å². The first-order valence-electron chi connectivity index (χ1n) is 8.23. The second-order valence-corrected chi connectivity index (χ2v) is 9.19. The minimum absolute atomic E-state index is 0.147.